The average Bonchev–Trinajstić information content (AvgIpc) is 2.79. The molecule has 3 nitrogen and oxygen atoms in total. The summed E-state index contributed by atoms with van der Waals surface area (Å²) in [4.78, 5) is 23.6. The van der Waals surface area contributed by atoms with E-state index >= 15 is 0 Å². The zero-order chi connectivity index (χ0) is 12.5. The average molecular weight is 238 g/mol. The Morgan fingerprint density at radius 1 is 1.00 bits per heavy atom. The molecule has 0 amide bonds. The summed E-state index contributed by atoms with van der Waals surface area (Å²) >= 11 is 0. The van der Waals surface area contributed by atoms with Crippen molar-refractivity contribution in [3.8, 4) is 5.75 Å². The van der Waals surface area contributed by atoms with E-state index in [9.17, 15) is 9.59 Å². The summed E-state index contributed by atoms with van der Waals surface area (Å²) in [5.41, 5.74) is 1.82. The Morgan fingerprint density at radius 2 is 1.78 bits per heavy atom. The molecule has 0 saturated carbocycles. The SMILES string of the molecule is O=C1Cc2cccc(C(=O)c3ccccc3)c2O1. The molecular formula is C15H10O3. The number of rotatable bonds is 2. The molecule has 18 heavy (non-hydrogen) atoms. The van der Waals surface area contributed by atoms with Crippen molar-refractivity contribution >= 4 is 11.8 Å². The quantitative estimate of drug-likeness (QED) is 0.458. The molecule has 2 aromatic carbocycles. The van der Waals surface area contributed by atoms with Gasteiger partial charge in [-0.15, -0.1) is 0 Å². The predicted octanol–water partition coefficient (Wildman–Crippen LogP) is 2.38. The molecule has 0 N–H and O–H groups in total. The van der Waals surface area contributed by atoms with Crippen LogP contribution < -0.4 is 4.74 Å². The Bertz CT molecular complexity index is 629. The number of benzene rings is 2. The first-order valence-corrected chi connectivity index (χ1v) is 5.68. The van der Waals surface area contributed by atoms with Gasteiger partial charge in [-0.2, -0.15) is 0 Å². The van der Waals surface area contributed by atoms with Gasteiger partial charge in [0.2, 0.25) is 0 Å². The maximum Gasteiger partial charge on any atom is 0.315 e. The van der Waals surface area contributed by atoms with Crippen molar-refractivity contribution in [3.63, 3.8) is 0 Å². The van der Waals surface area contributed by atoms with Crippen LogP contribution in [-0.2, 0) is 11.2 Å². The Morgan fingerprint density at radius 3 is 2.56 bits per heavy atom. The Balaban J connectivity index is 2.07. The number of hydrogen-bond acceptors (Lipinski definition) is 3. The van der Waals surface area contributed by atoms with Crippen LogP contribution in [0.25, 0.3) is 0 Å². The normalized spacial score (nSPS) is 13.0. The van der Waals surface area contributed by atoms with Crippen LogP contribution in [0, 0.1) is 0 Å². The molecule has 0 spiro atoms. The van der Waals surface area contributed by atoms with E-state index in [4.69, 9.17) is 4.74 Å². The van der Waals surface area contributed by atoms with E-state index < -0.39 is 0 Å². The van der Waals surface area contributed by atoms with Crippen molar-refractivity contribution in [3.05, 3.63) is 65.2 Å². The first-order chi connectivity index (χ1) is 8.75. The molecule has 1 aliphatic heterocycles. The molecule has 1 aliphatic rings. The topological polar surface area (TPSA) is 43.4 Å². The van der Waals surface area contributed by atoms with Crippen molar-refractivity contribution in [1.82, 2.24) is 0 Å². The smallest absolute Gasteiger partial charge is 0.315 e. The lowest BCUT2D eigenvalue weighted by atomic mass is 10.00. The summed E-state index contributed by atoms with van der Waals surface area (Å²) in [6.45, 7) is 0. The van der Waals surface area contributed by atoms with Gasteiger partial charge in [-0.3, -0.25) is 9.59 Å². The molecule has 0 fully saturated rings. The van der Waals surface area contributed by atoms with Crippen molar-refractivity contribution < 1.29 is 14.3 Å². The van der Waals surface area contributed by atoms with Gasteiger partial charge >= 0.3 is 5.97 Å². The fourth-order valence-corrected chi connectivity index (χ4v) is 2.07. The molecule has 0 saturated heterocycles. The van der Waals surface area contributed by atoms with Gasteiger partial charge < -0.3 is 4.74 Å². The number of esters is 1. The minimum Gasteiger partial charge on any atom is -0.425 e. The molecule has 0 unspecified atom stereocenters. The number of para-hydroxylation sites is 1. The fraction of sp³-hybridized carbons (Fsp3) is 0.0667. The van der Waals surface area contributed by atoms with E-state index in [0.717, 1.165) is 5.56 Å². The summed E-state index contributed by atoms with van der Waals surface area (Å²) in [6.07, 6.45) is 0.241. The fourth-order valence-electron chi connectivity index (χ4n) is 2.07. The van der Waals surface area contributed by atoms with Crippen molar-refractivity contribution in [2.24, 2.45) is 0 Å². The molecule has 0 radical (unpaired) electrons. The van der Waals surface area contributed by atoms with Crippen LogP contribution in [0.1, 0.15) is 21.5 Å². The van der Waals surface area contributed by atoms with Crippen LogP contribution in [0.3, 0.4) is 0 Å². The number of fused-ring (bicyclic) bond motifs is 1. The predicted molar refractivity (Wildman–Crippen MR) is 65.7 cm³/mol. The third-order valence-corrected chi connectivity index (χ3v) is 2.93. The van der Waals surface area contributed by atoms with Crippen LogP contribution in [0.15, 0.2) is 48.5 Å². The molecule has 0 aliphatic carbocycles. The van der Waals surface area contributed by atoms with Gasteiger partial charge in [-0.05, 0) is 6.07 Å². The zero-order valence-electron chi connectivity index (χ0n) is 9.55. The lowest BCUT2D eigenvalue weighted by Crippen LogP contribution is -2.05. The minimum atomic E-state index is -0.307. The number of carbonyl (C=O) groups excluding carboxylic acids is 2. The number of carbonyl (C=O) groups is 2. The molecule has 0 atom stereocenters. The highest BCUT2D eigenvalue weighted by Crippen LogP contribution is 2.31. The van der Waals surface area contributed by atoms with Crippen LogP contribution in [-0.4, -0.2) is 11.8 Å². The summed E-state index contributed by atoms with van der Waals surface area (Å²) in [7, 11) is 0. The maximum atomic E-state index is 12.3. The van der Waals surface area contributed by atoms with Gasteiger partial charge in [-0.25, -0.2) is 0 Å². The highest BCUT2D eigenvalue weighted by molar-refractivity contribution is 6.11. The Hall–Kier alpha value is -2.42. The first-order valence-electron chi connectivity index (χ1n) is 5.68. The van der Waals surface area contributed by atoms with E-state index in [1.807, 2.05) is 24.3 Å². The largest absolute Gasteiger partial charge is 0.425 e. The van der Waals surface area contributed by atoms with E-state index in [0.29, 0.717) is 16.9 Å². The Labute approximate surface area is 104 Å². The highest BCUT2D eigenvalue weighted by atomic mass is 16.5. The molecule has 0 bridgehead atoms. The second-order valence-electron chi connectivity index (χ2n) is 4.14. The van der Waals surface area contributed by atoms with Crippen LogP contribution in [0.2, 0.25) is 0 Å². The van der Waals surface area contributed by atoms with Crippen molar-refractivity contribution in [2.45, 2.75) is 6.42 Å². The molecular weight excluding hydrogens is 228 g/mol. The third-order valence-electron chi connectivity index (χ3n) is 2.93. The van der Waals surface area contributed by atoms with Crippen molar-refractivity contribution in [2.75, 3.05) is 0 Å². The van der Waals surface area contributed by atoms with Crippen LogP contribution >= 0.6 is 0 Å². The van der Waals surface area contributed by atoms with E-state index in [1.54, 1.807) is 24.3 Å². The summed E-state index contributed by atoms with van der Waals surface area (Å²) in [6, 6.07) is 14.2. The van der Waals surface area contributed by atoms with Gasteiger partial charge in [0.25, 0.3) is 0 Å². The van der Waals surface area contributed by atoms with E-state index in [-0.39, 0.29) is 18.2 Å². The van der Waals surface area contributed by atoms with Crippen LogP contribution in [0.4, 0.5) is 0 Å². The van der Waals surface area contributed by atoms with E-state index in [2.05, 4.69) is 0 Å². The summed E-state index contributed by atoms with van der Waals surface area (Å²) in [5, 5.41) is 0. The lowest BCUT2D eigenvalue weighted by Gasteiger charge is -2.05. The van der Waals surface area contributed by atoms with Crippen LogP contribution in [0.5, 0.6) is 5.75 Å². The first kappa shape index (κ1) is 10.7. The minimum absolute atomic E-state index is 0.123. The molecule has 3 rings (SSSR count). The van der Waals surface area contributed by atoms with Gasteiger partial charge in [-0.1, -0.05) is 42.5 Å². The second kappa shape index (κ2) is 4.11. The molecule has 0 aromatic heterocycles. The van der Waals surface area contributed by atoms with E-state index in [1.165, 1.54) is 0 Å². The van der Waals surface area contributed by atoms with Gasteiger partial charge in [0, 0.05) is 11.1 Å². The van der Waals surface area contributed by atoms with Gasteiger partial charge in [0.1, 0.15) is 5.75 Å². The maximum absolute atomic E-state index is 12.3. The molecule has 3 heteroatoms. The van der Waals surface area contributed by atoms with Gasteiger partial charge in [0.15, 0.2) is 5.78 Å². The molecule has 88 valence electrons. The number of hydrogen-bond donors (Lipinski definition) is 0. The van der Waals surface area contributed by atoms with Crippen molar-refractivity contribution in [1.29, 1.82) is 0 Å². The summed E-state index contributed by atoms with van der Waals surface area (Å²) in [5.74, 6) is -0.0168. The lowest BCUT2D eigenvalue weighted by molar-refractivity contribution is -0.131. The zero-order valence-corrected chi connectivity index (χ0v) is 9.55. The highest BCUT2D eigenvalue weighted by Gasteiger charge is 2.26. The molecule has 1 heterocycles. The molecule has 2 aromatic rings. The standard InChI is InChI=1S/C15H10O3/c16-13-9-11-7-4-8-12(15(11)18-13)14(17)10-5-2-1-3-6-10/h1-8H,9H2. The second-order valence-corrected chi connectivity index (χ2v) is 4.14. The Kier molecular flexibility index (Phi) is 2.45. The third kappa shape index (κ3) is 1.70. The van der Waals surface area contributed by atoms with Gasteiger partial charge in [0.05, 0.1) is 12.0 Å². The monoisotopic (exact) mass is 238 g/mol. The summed E-state index contributed by atoms with van der Waals surface area (Å²) < 4.78 is 5.12. The number of ether oxygens (including phenoxy) is 1. The number of ketones is 1.